The fourth-order valence-electron chi connectivity index (χ4n) is 1.60. The fourth-order valence-corrected chi connectivity index (χ4v) is 1.60. The van der Waals surface area contributed by atoms with E-state index in [1.54, 1.807) is 18.7 Å². The van der Waals surface area contributed by atoms with E-state index in [0.29, 0.717) is 26.2 Å². The van der Waals surface area contributed by atoms with E-state index in [1.165, 1.54) is 4.90 Å². The SMILES string of the molecule is CC(C)(CO)C(=O)N1CCN(C(=O)O)CC1. The molecule has 2 N–H and O–H groups in total. The van der Waals surface area contributed by atoms with E-state index in [1.807, 2.05) is 0 Å². The molecular weight excluding hydrogens is 212 g/mol. The number of hydrogen-bond acceptors (Lipinski definition) is 3. The molecule has 1 rings (SSSR count). The summed E-state index contributed by atoms with van der Waals surface area (Å²) in [4.78, 5) is 25.5. The number of rotatable bonds is 2. The zero-order valence-electron chi connectivity index (χ0n) is 9.64. The van der Waals surface area contributed by atoms with E-state index >= 15 is 0 Å². The maximum Gasteiger partial charge on any atom is 0.407 e. The van der Waals surface area contributed by atoms with E-state index in [4.69, 9.17) is 10.2 Å². The molecule has 0 aromatic heterocycles. The molecule has 6 nitrogen and oxygen atoms in total. The molecule has 0 bridgehead atoms. The van der Waals surface area contributed by atoms with Crippen LogP contribution in [0.25, 0.3) is 0 Å². The van der Waals surface area contributed by atoms with E-state index in [9.17, 15) is 9.59 Å². The van der Waals surface area contributed by atoms with Crippen LogP contribution in [-0.4, -0.2) is 64.8 Å². The van der Waals surface area contributed by atoms with Crippen LogP contribution in [0.15, 0.2) is 0 Å². The molecule has 0 radical (unpaired) electrons. The Labute approximate surface area is 94.4 Å². The van der Waals surface area contributed by atoms with Crippen molar-refractivity contribution >= 4 is 12.0 Å². The minimum Gasteiger partial charge on any atom is -0.465 e. The quantitative estimate of drug-likeness (QED) is 0.690. The molecule has 0 aromatic carbocycles. The molecule has 1 aliphatic heterocycles. The third-order valence-electron chi connectivity index (χ3n) is 2.81. The van der Waals surface area contributed by atoms with E-state index in [0.717, 1.165) is 0 Å². The number of aliphatic hydroxyl groups is 1. The maximum absolute atomic E-state index is 11.9. The molecule has 1 saturated heterocycles. The van der Waals surface area contributed by atoms with Crippen molar-refractivity contribution in [3.8, 4) is 0 Å². The Hall–Kier alpha value is -1.30. The first-order valence-electron chi connectivity index (χ1n) is 5.26. The van der Waals surface area contributed by atoms with E-state index in [2.05, 4.69) is 0 Å². The molecule has 0 saturated carbocycles. The van der Waals surface area contributed by atoms with Gasteiger partial charge in [0, 0.05) is 26.2 Å². The van der Waals surface area contributed by atoms with Gasteiger partial charge in [-0.15, -0.1) is 0 Å². The summed E-state index contributed by atoms with van der Waals surface area (Å²) in [7, 11) is 0. The Bertz CT molecular complexity index is 283. The second kappa shape index (κ2) is 4.69. The van der Waals surface area contributed by atoms with Crippen molar-refractivity contribution in [3.05, 3.63) is 0 Å². The number of hydrogen-bond donors (Lipinski definition) is 2. The van der Waals surface area contributed by atoms with Crippen LogP contribution < -0.4 is 0 Å². The molecule has 1 fully saturated rings. The second-order valence-electron chi connectivity index (χ2n) is 4.60. The Morgan fingerprint density at radius 2 is 1.56 bits per heavy atom. The summed E-state index contributed by atoms with van der Waals surface area (Å²) in [6.07, 6.45) is -0.950. The molecule has 0 aromatic rings. The van der Waals surface area contributed by atoms with E-state index < -0.39 is 11.5 Å². The molecule has 92 valence electrons. The number of piperazine rings is 1. The Morgan fingerprint density at radius 1 is 1.12 bits per heavy atom. The maximum atomic E-state index is 11.9. The molecule has 0 spiro atoms. The highest BCUT2D eigenvalue weighted by Gasteiger charge is 2.33. The van der Waals surface area contributed by atoms with Gasteiger partial charge in [0.25, 0.3) is 0 Å². The highest BCUT2D eigenvalue weighted by Crippen LogP contribution is 2.19. The lowest BCUT2D eigenvalue weighted by Crippen LogP contribution is -2.53. The van der Waals surface area contributed by atoms with Gasteiger partial charge in [-0.3, -0.25) is 4.79 Å². The topological polar surface area (TPSA) is 81.1 Å². The van der Waals surface area contributed by atoms with Crippen molar-refractivity contribution in [1.82, 2.24) is 9.80 Å². The van der Waals surface area contributed by atoms with Crippen LogP contribution in [0.5, 0.6) is 0 Å². The number of aliphatic hydroxyl groups excluding tert-OH is 1. The summed E-state index contributed by atoms with van der Waals surface area (Å²) in [5.41, 5.74) is -0.786. The Balaban J connectivity index is 2.54. The average molecular weight is 230 g/mol. The Kier molecular flexibility index (Phi) is 3.74. The van der Waals surface area contributed by atoms with Crippen molar-refractivity contribution in [2.24, 2.45) is 5.41 Å². The zero-order valence-corrected chi connectivity index (χ0v) is 9.64. The standard InChI is InChI=1S/C10H18N2O4/c1-10(2,7-13)8(14)11-3-5-12(6-4-11)9(15)16/h13H,3-7H2,1-2H3,(H,15,16). The van der Waals surface area contributed by atoms with Crippen LogP contribution in [0.4, 0.5) is 4.79 Å². The second-order valence-corrected chi connectivity index (χ2v) is 4.60. The summed E-state index contributed by atoms with van der Waals surface area (Å²) in [6.45, 7) is 4.62. The number of carboxylic acid groups (broad SMARTS) is 1. The lowest BCUT2D eigenvalue weighted by molar-refractivity contribution is -0.144. The van der Waals surface area contributed by atoms with Gasteiger partial charge >= 0.3 is 6.09 Å². The van der Waals surface area contributed by atoms with Gasteiger partial charge in [0.05, 0.1) is 12.0 Å². The summed E-state index contributed by atoms with van der Waals surface area (Å²) in [6, 6.07) is 0. The smallest absolute Gasteiger partial charge is 0.407 e. The lowest BCUT2D eigenvalue weighted by atomic mass is 9.92. The van der Waals surface area contributed by atoms with Crippen molar-refractivity contribution in [3.63, 3.8) is 0 Å². The van der Waals surface area contributed by atoms with Gasteiger partial charge < -0.3 is 20.0 Å². The third-order valence-corrected chi connectivity index (χ3v) is 2.81. The Morgan fingerprint density at radius 3 is 1.94 bits per heavy atom. The fraction of sp³-hybridized carbons (Fsp3) is 0.800. The number of carbonyl (C=O) groups excluding carboxylic acids is 1. The first-order valence-corrected chi connectivity index (χ1v) is 5.26. The van der Waals surface area contributed by atoms with Gasteiger partial charge in [0.1, 0.15) is 0 Å². The van der Waals surface area contributed by atoms with Crippen molar-refractivity contribution in [2.45, 2.75) is 13.8 Å². The van der Waals surface area contributed by atoms with Crippen LogP contribution in [0.3, 0.4) is 0 Å². The predicted octanol–water partition coefficient (Wildman–Crippen LogP) is -0.173. The minimum absolute atomic E-state index is 0.125. The zero-order chi connectivity index (χ0) is 12.3. The van der Waals surface area contributed by atoms with E-state index in [-0.39, 0.29) is 12.5 Å². The third kappa shape index (κ3) is 2.63. The monoisotopic (exact) mass is 230 g/mol. The van der Waals surface area contributed by atoms with Gasteiger partial charge in [-0.1, -0.05) is 0 Å². The normalized spacial score (nSPS) is 17.4. The molecule has 0 unspecified atom stereocenters. The highest BCUT2D eigenvalue weighted by atomic mass is 16.4. The first kappa shape index (κ1) is 12.8. The van der Waals surface area contributed by atoms with Gasteiger partial charge in [0.2, 0.25) is 5.91 Å². The van der Waals surface area contributed by atoms with Gasteiger partial charge in [-0.25, -0.2) is 4.79 Å². The van der Waals surface area contributed by atoms with Gasteiger partial charge in [-0.2, -0.15) is 0 Å². The van der Waals surface area contributed by atoms with Crippen molar-refractivity contribution in [2.75, 3.05) is 32.8 Å². The van der Waals surface area contributed by atoms with Crippen LogP contribution in [0, 0.1) is 5.41 Å². The van der Waals surface area contributed by atoms with Crippen molar-refractivity contribution < 1.29 is 19.8 Å². The van der Waals surface area contributed by atoms with Crippen LogP contribution >= 0.6 is 0 Å². The van der Waals surface area contributed by atoms with Gasteiger partial charge in [0.15, 0.2) is 0 Å². The van der Waals surface area contributed by atoms with Crippen LogP contribution in [0.2, 0.25) is 0 Å². The molecular formula is C10H18N2O4. The molecule has 1 heterocycles. The molecule has 16 heavy (non-hydrogen) atoms. The minimum atomic E-state index is -0.950. The summed E-state index contributed by atoms with van der Waals surface area (Å²) in [5.74, 6) is -0.125. The summed E-state index contributed by atoms with van der Waals surface area (Å²) >= 11 is 0. The van der Waals surface area contributed by atoms with Crippen molar-refractivity contribution in [1.29, 1.82) is 0 Å². The summed E-state index contributed by atoms with van der Waals surface area (Å²) in [5, 5.41) is 17.8. The predicted molar refractivity (Wildman–Crippen MR) is 57.0 cm³/mol. The molecule has 6 heteroatoms. The number of nitrogens with zero attached hydrogens (tertiary/aromatic N) is 2. The largest absolute Gasteiger partial charge is 0.465 e. The highest BCUT2D eigenvalue weighted by molar-refractivity contribution is 5.82. The van der Waals surface area contributed by atoms with Crippen LogP contribution in [0.1, 0.15) is 13.8 Å². The molecule has 0 atom stereocenters. The number of carbonyl (C=O) groups is 2. The molecule has 2 amide bonds. The van der Waals surface area contributed by atoms with Gasteiger partial charge in [-0.05, 0) is 13.8 Å². The lowest BCUT2D eigenvalue weighted by Gasteiger charge is -2.37. The first-order chi connectivity index (χ1) is 7.38. The molecule has 1 aliphatic rings. The summed E-state index contributed by atoms with van der Waals surface area (Å²) < 4.78 is 0. The average Bonchev–Trinajstić information content (AvgIpc) is 2.28. The number of amides is 2. The molecule has 0 aliphatic carbocycles. The van der Waals surface area contributed by atoms with Crippen LogP contribution in [-0.2, 0) is 4.79 Å².